The first-order chi connectivity index (χ1) is 8.80. The topological polar surface area (TPSA) is 104 Å². The van der Waals surface area contributed by atoms with Gasteiger partial charge in [-0.1, -0.05) is 29.8 Å². The highest BCUT2D eigenvalue weighted by Gasteiger charge is 2.15. The first-order valence-electron chi connectivity index (χ1n) is 6.08. The normalized spacial score (nSPS) is 15.7. The van der Waals surface area contributed by atoms with Gasteiger partial charge < -0.3 is 10.8 Å². The van der Waals surface area contributed by atoms with Crippen molar-refractivity contribution < 1.29 is 14.1 Å². The summed E-state index contributed by atoms with van der Waals surface area (Å²) in [5.41, 5.74) is 7.53. The molecular weight excluding hydrogens is 264 g/mol. The summed E-state index contributed by atoms with van der Waals surface area (Å²) >= 11 is 0. The van der Waals surface area contributed by atoms with Crippen LogP contribution >= 0.6 is 0 Å². The maximum atomic E-state index is 12.0. The third kappa shape index (κ3) is 5.85. The van der Waals surface area contributed by atoms with Gasteiger partial charge in [-0.25, -0.2) is 4.21 Å². The summed E-state index contributed by atoms with van der Waals surface area (Å²) < 4.78 is 19.7. The van der Waals surface area contributed by atoms with Crippen LogP contribution in [0.25, 0.3) is 0 Å². The molecule has 1 rings (SSSR count). The molecule has 6 heteroatoms. The zero-order valence-electron chi connectivity index (χ0n) is 11.0. The highest BCUT2D eigenvalue weighted by molar-refractivity contribution is 7.92. The molecule has 0 fully saturated rings. The maximum Gasteiger partial charge on any atom is 0.320 e. The van der Waals surface area contributed by atoms with Gasteiger partial charge in [0, 0.05) is 21.2 Å². The predicted molar refractivity (Wildman–Crippen MR) is 75.7 cm³/mol. The third-order valence-corrected chi connectivity index (χ3v) is 4.68. The lowest BCUT2D eigenvalue weighted by Gasteiger charge is -2.10. The number of carboxylic acid groups (broad SMARTS) is 1. The van der Waals surface area contributed by atoms with E-state index in [-0.39, 0.29) is 17.9 Å². The monoisotopic (exact) mass is 284 g/mol. The number of hydrogen-bond acceptors (Lipinski definition) is 4. The van der Waals surface area contributed by atoms with Crippen molar-refractivity contribution in [3.05, 3.63) is 35.4 Å². The first kappa shape index (κ1) is 15.7. The summed E-state index contributed by atoms with van der Waals surface area (Å²) in [4.78, 5) is 10.5. The van der Waals surface area contributed by atoms with E-state index < -0.39 is 21.7 Å². The van der Waals surface area contributed by atoms with Gasteiger partial charge >= 0.3 is 5.97 Å². The Morgan fingerprint density at radius 3 is 2.47 bits per heavy atom. The molecule has 1 aromatic carbocycles. The average molecular weight is 284 g/mol. The lowest BCUT2D eigenvalue weighted by Crippen LogP contribution is -2.32. The van der Waals surface area contributed by atoms with Crippen LogP contribution in [-0.4, -0.2) is 32.8 Å². The molecule has 2 atom stereocenters. The highest BCUT2D eigenvalue weighted by atomic mass is 32.2. The minimum absolute atomic E-state index is 0.0341. The zero-order valence-corrected chi connectivity index (χ0v) is 11.8. The highest BCUT2D eigenvalue weighted by Crippen LogP contribution is 2.07. The summed E-state index contributed by atoms with van der Waals surface area (Å²) in [6.07, 6.45) is 0.635. The standard InChI is InChI=1S/C13H20N2O3S/c1-10-2-4-11(5-3-10)6-8-19(15,18)9-7-12(14)13(16)17/h2-5,12,15H,6-9,14H2,1H3,(H,16,17)/t12-,19?/m0/s1. The van der Waals surface area contributed by atoms with E-state index in [2.05, 4.69) is 0 Å². The van der Waals surface area contributed by atoms with Gasteiger partial charge in [0.25, 0.3) is 0 Å². The van der Waals surface area contributed by atoms with Gasteiger partial charge in [0.15, 0.2) is 0 Å². The number of carboxylic acids is 1. The molecule has 0 aliphatic rings. The second kappa shape index (κ2) is 6.68. The van der Waals surface area contributed by atoms with Crippen LogP contribution in [0.2, 0.25) is 0 Å². The van der Waals surface area contributed by atoms with E-state index in [1.165, 1.54) is 0 Å². The Bertz CT molecular complexity index is 523. The molecule has 0 radical (unpaired) electrons. The van der Waals surface area contributed by atoms with Gasteiger partial charge in [-0.2, -0.15) is 0 Å². The molecular formula is C13H20N2O3S. The number of nitrogens with one attached hydrogen (secondary N) is 1. The van der Waals surface area contributed by atoms with Crippen molar-refractivity contribution in [2.45, 2.75) is 25.8 Å². The first-order valence-corrected chi connectivity index (χ1v) is 7.98. The lowest BCUT2D eigenvalue weighted by molar-refractivity contribution is -0.138. The molecule has 4 N–H and O–H groups in total. The molecule has 0 spiro atoms. The number of benzene rings is 1. The van der Waals surface area contributed by atoms with Crippen molar-refractivity contribution in [2.24, 2.45) is 5.73 Å². The molecule has 106 valence electrons. The summed E-state index contributed by atoms with van der Waals surface area (Å²) in [5, 5.41) is 8.63. The SMILES string of the molecule is Cc1ccc(CCS(=N)(=O)CC[C@H](N)C(=O)O)cc1. The third-order valence-electron chi connectivity index (χ3n) is 2.92. The average Bonchev–Trinajstić information content (AvgIpc) is 2.35. The van der Waals surface area contributed by atoms with E-state index in [4.69, 9.17) is 15.6 Å². The second-order valence-electron chi connectivity index (χ2n) is 4.69. The smallest absolute Gasteiger partial charge is 0.320 e. The molecule has 1 aromatic rings. The molecule has 0 amide bonds. The van der Waals surface area contributed by atoms with E-state index in [1.54, 1.807) is 0 Å². The molecule has 19 heavy (non-hydrogen) atoms. The number of carbonyl (C=O) groups is 1. The molecule has 0 bridgehead atoms. The van der Waals surface area contributed by atoms with Gasteiger partial charge in [-0.3, -0.25) is 9.57 Å². The fraction of sp³-hybridized carbons (Fsp3) is 0.462. The van der Waals surface area contributed by atoms with Crippen molar-refractivity contribution in [3.8, 4) is 0 Å². The van der Waals surface area contributed by atoms with Crippen LogP contribution in [0.4, 0.5) is 0 Å². The number of nitrogens with two attached hydrogens (primary N) is 1. The van der Waals surface area contributed by atoms with Crippen molar-refractivity contribution in [3.63, 3.8) is 0 Å². The van der Waals surface area contributed by atoms with Crippen LogP contribution in [0, 0.1) is 11.7 Å². The van der Waals surface area contributed by atoms with E-state index in [1.807, 2.05) is 31.2 Å². The summed E-state index contributed by atoms with van der Waals surface area (Å²) in [5.74, 6) is -0.844. The van der Waals surface area contributed by atoms with Crippen LogP contribution in [-0.2, 0) is 20.9 Å². The molecule has 0 aliphatic heterocycles. The number of hydrogen-bond donors (Lipinski definition) is 3. The van der Waals surface area contributed by atoms with Crippen LogP contribution in [0.3, 0.4) is 0 Å². The zero-order chi connectivity index (χ0) is 14.5. The fourth-order valence-corrected chi connectivity index (χ4v) is 2.98. The Balaban J connectivity index is 2.47. The molecule has 0 saturated carbocycles. The minimum atomic E-state index is -2.76. The molecule has 0 saturated heterocycles. The number of rotatable bonds is 7. The number of aryl methyl sites for hydroxylation is 2. The predicted octanol–water partition coefficient (Wildman–Crippen LogP) is 1.39. The molecule has 1 unspecified atom stereocenters. The molecule has 0 aromatic heterocycles. The lowest BCUT2D eigenvalue weighted by atomic mass is 10.1. The van der Waals surface area contributed by atoms with Crippen LogP contribution in [0.5, 0.6) is 0 Å². The summed E-state index contributed by atoms with van der Waals surface area (Å²) in [6.45, 7) is 1.99. The van der Waals surface area contributed by atoms with Crippen LogP contribution in [0.1, 0.15) is 17.5 Å². The van der Waals surface area contributed by atoms with Crippen LogP contribution in [0.15, 0.2) is 24.3 Å². The van der Waals surface area contributed by atoms with E-state index in [9.17, 15) is 9.00 Å². The molecule has 0 heterocycles. The quantitative estimate of drug-likeness (QED) is 0.703. The van der Waals surface area contributed by atoms with E-state index in [0.717, 1.165) is 11.1 Å². The van der Waals surface area contributed by atoms with E-state index >= 15 is 0 Å². The molecule has 0 aliphatic carbocycles. The van der Waals surface area contributed by atoms with Crippen LogP contribution < -0.4 is 5.73 Å². The Morgan fingerprint density at radius 1 is 1.37 bits per heavy atom. The van der Waals surface area contributed by atoms with Gasteiger partial charge in [-0.15, -0.1) is 0 Å². The van der Waals surface area contributed by atoms with Crippen molar-refractivity contribution in [1.82, 2.24) is 0 Å². The Morgan fingerprint density at radius 2 is 1.95 bits per heavy atom. The summed E-state index contributed by atoms with van der Waals surface area (Å²) in [7, 11) is -2.76. The Labute approximate surface area is 113 Å². The van der Waals surface area contributed by atoms with E-state index in [0.29, 0.717) is 6.42 Å². The molecule has 5 nitrogen and oxygen atoms in total. The maximum absolute atomic E-state index is 12.0. The van der Waals surface area contributed by atoms with Gasteiger partial charge in [-0.05, 0) is 25.3 Å². The minimum Gasteiger partial charge on any atom is -0.480 e. The van der Waals surface area contributed by atoms with Crippen molar-refractivity contribution in [1.29, 1.82) is 4.78 Å². The Kier molecular flexibility index (Phi) is 5.50. The van der Waals surface area contributed by atoms with Crippen molar-refractivity contribution in [2.75, 3.05) is 11.5 Å². The van der Waals surface area contributed by atoms with Gasteiger partial charge in [0.2, 0.25) is 0 Å². The Hall–Kier alpha value is -1.40. The largest absolute Gasteiger partial charge is 0.480 e. The number of aliphatic carboxylic acids is 1. The van der Waals surface area contributed by atoms with Crippen molar-refractivity contribution >= 4 is 15.7 Å². The second-order valence-corrected chi connectivity index (χ2v) is 7.13. The fourth-order valence-electron chi connectivity index (χ4n) is 1.58. The van der Waals surface area contributed by atoms with Gasteiger partial charge in [0.05, 0.1) is 0 Å². The van der Waals surface area contributed by atoms with Gasteiger partial charge in [0.1, 0.15) is 6.04 Å². The summed E-state index contributed by atoms with van der Waals surface area (Å²) in [6, 6.07) is 6.82.